The van der Waals surface area contributed by atoms with Crippen LogP contribution in [0, 0.1) is 23.5 Å². The Kier molecular flexibility index (Phi) is 3.55. The number of rotatable bonds is 2. The molecule has 0 radical (unpaired) electrons. The Morgan fingerprint density at radius 2 is 1.82 bits per heavy atom. The van der Waals surface area contributed by atoms with Crippen LogP contribution in [0.25, 0.3) is 0 Å². The Balaban J connectivity index is 2.17. The molecule has 0 aromatic heterocycles. The van der Waals surface area contributed by atoms with Gasteiger partial charge in [0, 0.05) is 5.92 Å². The lowest BCUT2D eigenvalue weighted by Crippen LogP contribution is -2.22. The van der Waals surface area contributed by atoms with Crippen molar-refractivity contribution >= 4 is 5.78 Å². The van der Waals surface area contributed by atoms with Crippen molar-refractivity contribution in [3.63, 3.8) is 0 Å². The summed E-state index contributed by atoms with van der Waals surface area (Å²) in [6.07, 6.45) is 3.56. The van der Waals surface area contributed by atoms with E-state index in [9.17, 15) is 13.6 Å². The third kappa shape index (κ3) is 2.54. The molecule has 1 saturated carbocycles. The SMILES string of the molecule is CC1CCC(C(=O)c2cccc(F)c2F)CC1. The van der Waals surface area contributed by atoms with Gasteiger partial charge >= 0.3 is 0 Å². The molecule has 0 atom stereocenters. The predicted molar refractivity (Wildman–Crippen MR) is 61.8 cm³/mol. The summed E-state index contributed by atoms with van der Waals surface area (Å²) in [5.74, 6) is -1.69. The monoisotopic (exact) mass is 238 g/mol. The summed E-state index contributed by atoms with van der Waals surface area (Å²) >= 11 is 0. The lowest BCUT2D eigenvalue weighted by atomic mass is 9.79. The van der Waals surface area contributed by atoms with Gasteiger partial charge in [0.25, 0.3) is 0 Å². The number of carbonyl (C=O) groups excluding carboxylic acids is 1. The quantitative estimate of drug-likeness (QED) is 0.712. The van der Waals surface area contributed by atoms with E-state index < -0.39 is 11.6 Å². The van der Waals surface area contributed by atoms with Gasteiger partial charge in [0.05, 0.1) is 5.56 Å². The van der Waals surface area contributed by atoms with E-state index in [0.29, 0.717) is 5.92 Å². The Morgan fingerprint density at radius 3 is 2.47 bits per heavy atom. The van der Waals surface area contributed by atoms with Gasteiger partial charge in [-0.1, -0.05) is 25.8 Å². The molecule has 2 rings (SSSR count). The van der Waals surface area contributed by atoms with E-state index in [2.05, 4.69) is 6.92 Å². The highest BCUT2D eigenvalue weighted by Crippen LogP contribution is 2.31. The largest absolute Gasteiger partial charge is 0.294 e. The number of hydrogen-bond donors (Lipinski definition) is 0. The molecule has 0 aliphatic heterocycles. The Labute approximate surface area is 99.8 Å². The first kappa shape index (κ1) is 12.2. The number of Topliss-reactive ketones (excluding diaryl/α,β-unsaturated/α-hetero) is 1. The highest BCUT2D eigenvalue weighted by atomic mass is 19.2. The number of carbonyl (C=O) groups is 1. The van der Waals surface area contributed by atoms with Gasteiger partial charge in [-0.15, -0.1) is 0 Å². The van der Waals surface area contributed by atoms with Crippen molar-refractivity contribution in [1.82, 2.24) is 0 Å². The topological polar surface area (TPSA) is 17.1 Å². The molecule has 1 aromatic carbocycles. The zero-order chi connectivity index (χ0) is 12.4. The summed E-state index contributed by atoms with van der Waals surface area (Å²) in [7, 11) is 0. The molecule has 1 nitrogen and oxygen atoms in total. The molecule has 1 aromatic rings. The van der Waals surface area contributed by atoms with Crippen molar-refractivity contribution in [2.45, 2.75) is 32.6 Å². The number of hydrogen-bond acceptors (Lipinski definition) is 1. The fourth-order valence-electron chi connectivity index (χ4n) is 2.44. The number of ketones is 1. The minimum Gasteiger partial charge on any atom is -0.294 e. The van der Waals surface area contributed by atoms with Crippen molar-refractivity contribution < 1.29 is 13.6 Å². The summed E-state index contributed by atoms with van der Waals surface area (Å²) in [6.45, 7) is 2.16. The smallest absolute Gasteiger partial charge is 0.169 e. The third-order valence-corrected chi connectivity index (χ3v) is 3.60. The van der Waals surface area contributed by atoms with Crippen LogP contribution < -0.4 is 0 Å². The van der Waals surface area contributed by atoms with E-state index in [1.165, 1.54) is 12.1 Å². The number of halogens is 2. The van der Waals surface area contributed by atoms with Crippen LogP contribution in [0.1, 0.15) is 43.0 Å². The molecule has 0 bridgehead atoms. The van der Waals surface area contributed by atoms with Gasteiger partial charge in [0.1, 0.15) is 0 Å². The first-order chi connectivity index (χ1) is 8.09. The molecular weight excluding hydrogens is 222 g/mol. The zero-order valence-electron chi connectivity index (χ0n) is 9.88. The predicted octanol–water partition coefficient (Wildman–Crippen LogP) is 3.97. The average molecular weight is 238 g/mol. The van der Waals surface area contributed by atoms with Gasteiger partial charge in [-0.25, -0.2) is 8.78 Å². The Morgan fingerprint density at radius 1 is 1.18 bits per heavy atom. The van der Waals surface area contributed by atoms with Crippen LogP contribution >= 0.6 is 0 Å². The minimum atomic E-state index is -1.00. The van der Waals surface area contributed by atoms with Crippen molar-refractivity contribution in [2.75, 3.05) is 0 Å². The van der Waals surface area contributed by atoms with Crippen molar-refractivity contribution in [3.05, 3.63) is 35.4 Å². The molecule has 92 valence electrons. The number of benzene rings is 1. The van der Waals surface area contributed by atoms with Crippen LogP contribution in [0.3, 0.4) is 0 Å². The summed E-state index contributed by atoms with van der Waals surface area (Å²) in [5, 5.41) is 0. The lowest BCUT2D eigenvalue weighted by molar-refractivity contribution is 0.0870. The van der Waals surface area contributed by atoms with Crippen LogP contribution in [0.15, 0.2) is 18.2 Å². The molecule has 1 aliphatic carbocycles. The average Bonchev–Trinajstić information content (AvgIpc) is 2.33. The fraction of sp³-hybridized carbons (Fsp3) is 0.500. The van der Waals surface area contributed by atoms with E-state index in [1.54, 1.807) is 0 Å². The standard InChI is InChI=1S/C14H16F2O/c1-9-5-7-10(8-6-9)14(17)11-3-2-4-12(15)13(11)16/h2-4,9-10H,5-8H2,1H3. The molecule has 3 heteroatoms. The zero-order valence-corrected chi connectivity index (χ0v) is 9.88. The highest BCUT2D eigenvalue weighted by Gasteiger charge is 2.27. The maximum Gasteiger partial charge on any atom is 0.169 e. The molecule has 1 fully saturated rings. The van der Waals surface area contributed by atoms with Gasteiger partial charge in [0.2, 0.25) is 0 Å². The molecule has 0 unspecified atom stereocenters. The second-order valence-corrected chi connectivity index (χ2v) is 4.92. The van der Waals surface area contributed by atoms with Crippen molar-refractivity contribution in [3.8, 4) is 0 Å². The summed E-state index contributed by atoms with van der Waals surface area (Å²) in [4.78, 5) is 12.1. The second-order valence-electron chi connectivity index (χ2n) is 4.92. The molecular formula is C14H16F2O. The van der Waals surface area contributed by atoms with Crippen molar-refractivity contribution in [1.29, 1.82) is 0 Å². The van der Waals surface area contributed by atoms with E-state index in [-0.39, 0.29) is 17.3 Å². The van der Waals surface area contributed by atoms with Gasteiger partial charge in [-0.3, -0.25) is 4.79 Å². The van der Waals surface area contributed by atoms with Crippen LogP contribution in [0.2, 0.25) is 0 Å². The van der Waals surface area contributed by atoms with Gasteiger partial charge in [0.15, 0.2) is 17.4 Å². The molecule has 0 N–H and O–H groups in total. The molecule has 0 heterocycles. The van der Waals surface area contributed by atoms with E-state index in [4.69, 9.17) is 0 Å². The summed E-state index contributed by atoms with van der Waals surface area (Å²) in [5.41, 5.74) is -0.0930. The summed E-state index contributed by atoms with van der Waals surface area (Å²) < 4.78 is 26.5. The van der Waals surface area contributed by atoms with E-state index in [0.717, 1.165) is 31.7 Å². The maximum absolute atomic E-state index is 13.5. The minimum absolute atomic E-state index is 0.0930. The fourth-order valence-corrected chi connectivity index (χ4v) is 2.44. The maximum atomic E-state index is 13.5. The van der Waals surface area contributed by atoms with E-state index in [1.807, 2.05) is 0 Å². The van der Waals surface area contributed by atoms with Gasteiger partial charge < -0.3 is 0 Å². The molecule has 1 aliphatic rings. The van der Waals surface area contributed by atoms with Crippen molar-refractivity contribution in [2.24, 2.45) is 11.8 Å². The Bertz CT molecular complexity index is 420. The van der Waals surface area contributed by atoms with E-state index >= 15 is 0 Å². The first-order valence-electron chi connectivity index (χ1n) is 6.08. The molecule has 0 saturated heterocycles. The first-order valence-corrected chi connectivity index (χ1v) is 6.08. The second kappa shape index (κ2) is 4.94. The van der Waals surface area contributed by atoms with Gasteiger partial charge in [-0.2, -0.15) is 0 Å². The van der Waals surface area contributed by atoms with Crippen LogP contribution in [-0.4, -0.2) is 5.78 Å². The third-order valence-electron chi connectivity index (χ3n) is 3.60. The molecule has 0 amide bonds. The highest BCUT2D eigenvalue weighted by molar-refractivity contribution is 5.98. The normalized spacial score (nSPS) is 24.6. The van der Waals surface area contributed by atoms with Crippen LogP contribution in [0.4, 0.5) is 8.78 Å². The molecule has 17 heavy (non-hydrogen) atoms. The van der Waals surface area contributed by atoms with Gasteiger partial charge in [-0.05, 0) is 30.9 Å². The lowest BCUT2D eigenvalue weighted by Gasteiger charge is -2.25. The molecule has 0 spiro atoms. The summed E-state index contributed by atoms with van der Waals surface area (Å²) in [6, 6.07) is 3.80. The Hall–Kier alpha value is -1.25. The van der Waals surface area contributed by atoms with Crippen LogP contribution in [0.5, 0.6) is 0 Å². The van der Waals surface area contributed by atoms with Crippen LogP contribution in [-0.2, 0) is 0 Å².